The number of carbonyl (C=O) groups excluding carboxylic acids is 1. The van der Waals surface area contributed by atoms with Gasteiger partial charge in [-0.25, -0.2) is 4.79 Å². The molecule has 0 aliphatic heterocycles. The van der Waals surface area contributed by atoms with Crippen LogP contribution >= 0.6 is 0 Å². The van der Waals surface area contributed by atoms with E-state index in [0.717, 1.165) is 5.57 Å². The first-order valence-electron chi connectivity index (χ1n) is 7.34. The fourth-order valence-electron chi connectivity index (χ4n) is 1.67. The number of halogens is 3. The molecule has 134 valence electrons. The number of alkyl halides is 3. The zero-order chi connectivity index (χ0) is 18.2. The van der Waals surface area contributed by atoms with Crippen LogP contribution in [0.3, 0.4) is 0 Å². The van der Waals surface area contributed by atoms with Crippen molar-refractivity contribution in [3.8, 4) is 5.75 Å². The minimum absolute atomic E-state index is 0.0468. The van der Waals surface area contributed by atoms with E-state index in [0.29, 0.717) is 18.0 Å². The lowest BCUT2D eigenvalue weighted by Gasteiger charge is -2.19. The minimum atomic E-state index is -4.26. The van der Waals surface area contributed by atoms with E-state index in [-0.39, 0.29) is 13.1 Å². The summed E-state index contributed by atoms with van der Waals surface area (Å²) in [6.07, 6.45) is -4.26. The predicted molar refractivity (Wildman–Crippen MR) is 87.3 cm³/mol. The highest BCUT2D eigenvalue weighted by Crippen LogP contribution is 2.18. The number of hydrogen-bond acceptors (Lipinski definition) is 3. The van der Waals surface area contributed by atoms with Crippen molar-refractivity contribution in [1.29, 1.82) is 0 Å². The first-order valence-corrected chi connectivity index (χ1v) is 7.34. The average molecular weight is 345 g/mol. The van der Waals surface area contributed by atoms with Crippen LogP contribution in [0.4, 0.5) is 23.7 Å². The number of rotatable bonds is 8. The summed E-state index contributed by atoms with van der Waals surface area (Å²) < 4.78 is 41.5. The maximum atomic E-state index is 12.0. The molecule has 1 aromatic rings. The van der Waals surface area contributed by atoms with E-state index in [1.165, 1.54) is 11.9 Å². The number of nitrogens with one attached hydrogen (secondary N) is 2. The normalized spacial score (nSPS) is 11.0. The molecule has 1 aromatic carbocycles. The molecule has 0 bridgehead atoms. The second-order valence-corrected chi connectivity index (χ2v) is 5.42. The highest BCUT2D eigenvalue weighted by Gasteiger charge is 2.26. The van der Waals surface area contributed by atoms with Crippen LogP contribution < -0.4 is 15.4 Å². The first kappa shape index (κ1) is 19.8. The van der Waals surface area contributed by atoms with E-state index in [9.17, 15) is 18.0 Å². The Balaban J connectivity index is 2.43. The zero-order valence-electron chi connectivity index (χ0n) is 13.7. The first-order chi connectivity index (χ1) is 11.2. The monoisotopic (exact) mass is 345 g/mol. The molecule has 0 aromatic heterocycles. The molecule has 5 nitrogen and oxygen atoms in total. The highest BCUT2D eigenvalue weighted by atomic mass is 19.4. The molecule has 0 saturated carbocycles. The average Bonchev–Trinajstić information content (AvgIpc) is 2.48. The van der Waals surface area contributed by atoms with Crippen molar-refractivity contribution in [3.63, 3.8) is 0 Å². The van der Waals surface area contributed by atoms with E-state index >= 15 is 0 Å². The molecule has 1 rings (SSSR count). The summed E-state index contributed by atoms with van der Waals surface area (Å²) in [6.45, 7) is 5.07. The summed E-state index contributed by atoms with van der Waals surface area (Å²) >= 11 is 0. The Hall–Kier alpha value is -2.22. The molecule has 24 heavy (non-hydrogen) atoms. The standard InChI is InChI=1S/C16H22F3N3O2/c1-12(2)10-24-14-6-4-5-13(9-14)21-15(23)22(3)8-7-20-11-16(17,18)19/h4-6,9,20H,1,7-8,10-11H2,2-3H3,(H,21,23). The van der Waals surface area contributed by atoms with Crippen LogP contribution in [-0.4, -0.2) is 50.4 Å². The zero-order valence-corrected chi connectivity index (χ0v) is 13.7. The van der Waals surface area contributed by atoms with E-state index in [2.05, 4.69) is 17.2 Å². The Labute approximate surface area is 139 Å². The topological polar surface area (TPSA) is 53.6 Å². The van der Waals surface area contributed by atoms with E-state index < -0.39 is 18.8 Å². The summed E-state index contributed by atoms with van der Waals surface area (Å²) in [7, 11) is 1.51. The molecule has 0 spiro atoms. The SMILES string of the molecule is C=C(C)COc1cccc(NC(=O)N(C)CCNCC(F)(F)F)c1. The number of ether oxygens (including phenoxy) is 1. The molecule has 0 atom stereocenters. The third-order valence-electron chi connectivity index (χ3n) is 2.87. The van der Waals surface area contributed by atoms with Gasteiger partial charge in [-0.15, -0.1) is 0 Å². The highest BCUT2D eigenvalue weighted by molar-refractivity contribution is 5.89. The molecule has 0 radical (unpaired) electrons. The maximum Gasteiger partial charge on any atom is 0.401 e. The van der Waals surface area contributed by atoms with Crippen molar-refractivity contribution in [1.82, 2.24) is 10.2 Å². The second kappa shape index (κ2) is 9.17. The molecule has 0 unspecified atom stereocenters. The molecule has 0 heterocycles. The van der Waals surface area contributed by atoms with Gasteiger partial charge in [0, 0.05) is 31.9 Å². The van der Waals surface area contributed by atoms with Crippen LogP contribution in [0.25, 0.3) is 0 Å². The number of anilines is 1. The molecule has 0 saturated heterocycles. The van der Waals surface area contributed by atoms with E-state index in [1.807, 2.05) is 6.92 Å². The number of carbonyl (C=O) groups is 1. The van der Waals surface area contributed by atoms with Gasteiger partial charge in [0.1, 0.15) is 12.4 Å². The van der Waals surface area contributed by atoms with Crippen molar-refractivity contribution in [2.24, 2.45) is 0 Å². The smallest absolute Gasteiger partial charge is 0.401 e. The van der Waals surface area contributed by atoms with Crippen LogP contribution in [0.1, 0.15) is 6.92 Å². The van der Waals surface area contributed by atoms with Crippen molar-refractivity contribution >= 4 is 11.7 Å². The lowest BCUT2D eigenvalue weighted by atomic mass is 10.3. The van der Waals surface area contributed by atoms with Crippen molar-refractivity contribution in [3.05, 3.63) is 36.4 Å². The number of amides is 2. The minimum Gasteiger partial charge on any atom is -0.489 e. The second-order valence-electron chi connectivity index (χ2n) is 5.42. The fourth-order valence-corrected chi connectivity index (χ4v) is 1.67. The fraction of sp³-hybridized carbons (Fsp3) is 0.438. The summed E-state index contributed by atoms with van der Waals surface area (Å²) in [4.78, 5) is 13.3. The van der Waals surface area contributed by atoms with E-state index in [1.54, 1.807) is 24.3 Å². The largest absolute Gasteiger partial charge is 0.489 e. The summed E-state index contributed by atoms with van der Waals surface area (Å²) in [5.74, 6) is 0.588. The number of nitrogens with zero attached hydrogens (tertiary/aromatic N) is 1. The Bertz CT molecular complexity index is 562. The molecule has 0 aliphatic carbocycles. The van der Waals surface area contributed by atoms with Crippen LogP contribution in [-0.2, 0) is 0 Å². The Morgan fingerprint density at radius 2 is 2.08 bits per heavy atom. The molecule has 2 amide bonds. The van der Waals surface area contributed by atoms with Crippen LogP contribution in [0.5, 0.6) is 5.75 Å². The van der Waals surface area contributed by atoms with Gasteiger partial charge in [-0.1, -0.05) is 12.6 Å². The molecular formula is C16H22F3N3O2. The molecule has 2 N–H and O–H groups in total. The van der Waals surface area contributed by atoms with Crippen molar-refractivity contribution in [2.75, 3.05) is 38.6 Å². The van der Waals surface area contributed by atoms with E-state index in [4.69, 9.17) is 4.74 Å². The molecular weight excluding hydrogens is 323 g/mol. The lowest BCUT2D eigenvalue weighted by Crippen LogP contribution is -2.39. The molecule has 0 fully saturated rings. The molecule has 0 aliphatic rings. The van der Waals surface area contributed by atoms with Crippen LogP contribution in [0.2, 0.25) is 0 Å². The number of benzene rings is 1. The Morgan fingerprint density at radius 3 is 2.71 bits per heavy atom. The number of likely N-dealkylation sites (N-methyl/N-ethyl adjacent to an activating group) is 1. The van der Waals surface area contributed by atoms with Gasteiger partial charge in [0.25, 0.3) is 0 Å². The van der Waals surface area contributed by atoms with Gasteiger partial charge in [0.05, 0.1) is 6.54 Å². The molecule has 8 heteroatoms. The van der Waals surface area contributed by atoms with Gasteiger partial charge in [-0.3, -0.25) is 0 Å². The lowest BCUT2D eigenvalue weighted by molar-refractivity contribution is -0.124. The quantitative estimate of drug-likeness (QED) is 0.562. The number of urea groups is 1. The Morgan fingerprint density at radius 1 is 1.38 bits per heavy atom. The van der Waals surface area contributed by atoms with Gasteiger partial charge >= 0.3 is 12.2 Å². The van der Waals surface area contributed by atoms with Gasteiger partial charge in [-0.05, 0) is 24.6 Å². The number of hydrogen-bond donors (Lipinski definition) is 2. The Kier molecular flexibility index (Phi) is 7.57. The third-order valence-corrected chi connectivity index (χ3v) is 2.87. The van der Waals surface area contributed by atoms with Gasteiger partial charge < -0.3 is 20.3 Å². The van der Waals surface area contributed by atoms with Crippen molar-refractivity contribution < 1.29 is 22.7 Å². The van der Waals surface area contributed by atoms with Gasteiger partial charge in [-0.2, -0.15) is 13.2 Å². The summed E-state index contributed by atoms with van der Waals surface area (Å²) in [6, 6.07) is 6.43. The van der Waals surface area contributed by atoms with Crippen LogP contribution in [0.15, 0.2) is 36.4 Å². The van der Waals surface area contributed by atoms with Crippen LogP contribution in [0, 0.1) is 0 Å². The summed E-state index contributed by atoms with van der Waals surface area (Å²) in [5.41, 5.74) is 1.41. The third kappa shape index (κ3) is 8.42. The van der Waals surface area contributed by atoms with Gasteiger partial charge in [0.2, 0.25) is 0 Å². The maximum absolute atomic E-state index is 12.0. The summed E-state index contributed by atoms with van der Waals surface area (Å²) in [5, 5.41) is 4.90. The van der Waals surface area contributed by atoms with Crippen molar-refractivity contribution in [2.45, 2.75) is 13.1 Å². The predicted octanol–water partition coefficient (Wildman–Crippen LogP) is 3.26. The van der Waals surface area contributed by atoms with Gasteiger partial charge in [0.15, 0.2) is 0 Å².